The number of hydrogen-bond donors (Lipinski definition) is 3. The van der Waals surface area contributed by atoms with Crippen LogP contribution in [0.25, 0.3) is 0 Å². The average Bonchev–Trinajstić information content (AvgIpc) is 2.82. The van der Waals surface area contributed by atoms with Gasteiger partial charge in [0.05, 0.1) is 12.6 Å². The van der Waals surface area contributed by atoms with Gasteiger partial charge in [-0.05, 0) is 37.1 Å². The number of fused-ring (bicyclic) bond motifs is 1. The number of benzene rings is 1. The summed E-state index contributed by atoms with van der Waals surface area (Å²) in [5.41, 5.74) is 1.18. The molecule has 0 amide bonds. The Morgan fingerprint density at radius 1 is 1.50 bits per heavy atom. The van der Waals surface area contributed by atoms with E-state index in [1.165, 1.54) is 10.5 Å². The Bertz CT molecular complexity index is 420. The molecule has 100 valence electrons. The highest BCUT2D eigenvalue weighted by Crippen LogP contribution is 2.35. The minimum absolute atomic E-state index is 0.0783. The molecule has 1 heterocycles. The summed E-state index contributed by atoms with van der Waals surface area (Å²) in [5.74, 6) is 1.12. The zero-order valence-electron chi connectivity index (χ0n) is 10.9. The molecule has 0 saturated carbocycles. The van der Waals surface area contributed by atoms with Crippen LogP contribution in [0.2, 0.25) is 0 Å². The van der Waals surface area contributed by atoms with Gasteiger partial charge in [-0.25, -0.2) is 0 Å². The number of likely N-dealkylation sites (N-methyl/N-ethyl adjacent to an activating group) is 1. The average molecular weight is 267 g/mol. The highest BCUT2D eigenvalue weighted by molar-refractivity contribution is 7.99. The lowest BCUT2D eigenvalue weighted by atomic mass is 9.87. The lowest BCUT2D eigenvalue weighted by Crippen LogP contribution is -2.49. The van der Waals surface area contributed by atoms with Crippen molar-refractivity contribution in [1.29, 1.82) is 0 Å². The maximum absolute atomic E-state index is 10.7. The topological polar surface area (TPSA) is 52.5 Å². The zero-order chi connectivity index (χ0) is 13.2. The van der Waals surface area contributed by atoms with Crippen molar-refractivity contribution in [2.75, 3.05) is 18.9 Å². The first-order chi connectivity index (χ1) is 8.59. The third kappa shape index (κ3) is 2.57. The minimum atomic E-state index is -1.05. The van der Waals surface area contributed by atoms with Crippen molar-refractivity contribution in [3.05, 3.63) is 29.3 Å². The molecular formula is C14H21NO2S. The monoisotopic (exact) mass is 267 g/mol. The lowest BCUT2D eigenvalue weighted by molar-refractivity contribution is -0.00536. The molecule has 0 saturated heterocycles. The van der Waals surface area contributed by atoms with E-state index in [1.54, 1.807) is 6.92 Å². The SMILES string of the molecule is CCNC(CO)C(C)(O)c1ccc2c(c1)SCC2. The molecule has 1 aliphatic rings. The third-order valence-electron chi connectivity index (χ3n) is 3.59. The van der Waals surface area contributed by atoms with Crippen LogP contribution in [0.5, 0.6) is 0 Å². The van der Waals surface area contributed by atoms with E-state index in [1.807, 2.05) is 24.8 Å². The van der Waals surface area contributed by atoms with Crippen molar-refractivity contribution in [2.45, 2.75) is 36.8 Å². The largest absolute Gasteiger partial charge is 0.395 e. The van der Waals surface area contributed by atoms with Gasteiger partial charge in [-0.3, -0.25) is 0 Å². The van der Waals surface area contributed by atoms with Crippen molar-refractivity contribution < 1.29 is 10.2 Å². The van der Waals surface area contributed by atoms with E-state index < -0.39 is 5.60 Å². The van der Waals surface area contributed by atoms with Crippen LogP contribution in [0.1, 0.15) is 25.0 Å². The third-order valence-corrected chi connectivity index (χ3v) is 4.69. The molecule has 0 radical (unpaired) electrons. The molecule has 18 heavy (non-hydrogen) atoms. The molecule has 0 fully saturated rings. The molecule has 3 N–H and O–H groups in total. The van der Waals surface area contributed by atoms with Crippen molar-refractivity contribution in [1.82, 2.24) is 5.32 Å². The molecule has 0 bridgehead atoms. The number of aliphatic hydroxyl groups is 2. The van der Waals surface area contributed by atoms with Crippen LogP contribution in [-0.4, -0.2) is 35.2 Å². The van der Waals surface area contributed by atoms with E-state index >= 15 is 0 Å². The second-order valence-corrected chi connectivity index (χ2v) is 6.00. The molecule has 4 heteroatoms. The molecule has 0 spiro atoms. The maximum atomic E-state index is 10.7. The van der Waals surface area contributed by atoms with Crippen molar-refractivity contribution >= 4 is 11.8 Å². The van der Waals surface area contributed by atoms with Gasteiger partial charge in [0.15, 0.2) is 0 Å². The van der Waals surface area contributed by atoms with Crippen LogP contribution in [0, 0.1) is 0 Å². The number of rotatable bonds is 5. The molecule has 0 aliphatic carbocycles. The molecule has 1 aliphatic heterocycles. The Labute approximate surface area is 113 Å². The Balaban J connectivity index is 2.28. The second kappa shape index (κ2) is 5.61. The standard InChI is InChI=1S/C14H21NO2S/c1-3-15-13(9-16)14(2,17)11-5-4-10-6-7-18-12(10)8-11/h4-5,8,13,15-17H,3,6-7,9H2,1-2H3. The van der Waals surface area contributed by atoms with Gasteiger partial charge in [0, 0.05) is 10.6 Å². The van der Waals surface area contributed by atoms with E-state index in [0.29, 0.717) is 0 Å². The predicted molar refractivity (Wildman–Crippen MR) is 75.0 cm³/mol. The van der Waals surface area contributed by atoms with Gasteiger partial charge in [-0.2, -0.15) is 0 Å². The molecule has 2 unspecified atom stereocenters. The van der Waals surface area contributed by atoms with E-state index in [2.05, 4.69) is 17.4 Å². The van der Waals surface area contributed by atoms with E-state index in [4.69, 9.17) is 0 Å². The Hall–Kier alpha value is -0.550. The normalized spacial score (nSPS) is 19.3. The summed E-state index contributed by atoms with van der Waals surface area (Å²) in [4.78, 5) is 1.26. The Morgan fingerprint density at radius 2 is 2.28 bits per heavy atom. The fourth-order valence-electron chi connectivity index (χ4n) is 2.37. The minimum Gasteiger partial charge on any atom is -0.395 e. The quantitative estimate of drug-likeness (QED) is 0.757. The first-order valence-corrected chi connectivity index (χ1v) is 7.41. The number of thioether (sulfide) groups is 1. The number of aryl methyl sites for hydroxylation is 1. The summed E-state index contributed by atoms with van der Waals surface area (Å²) < 4.78 is 0. The van der Waals surface area contributed by atoms with Gasteiger partial charge in [-0.15, -0.1) is 11.8 Å². The van der Waals surface area contributed by atoms with Crippen LogP contribution in [0.3, 0.4) is 0 Å². The van der Waals surface area contributed by atoms with Crippen LogP contribution >= 0.6 is 11.8 Å². The predicted octanol–water partition coefficient (Wildman–Crippen LogP) is 1.51. The van der Waals surface area contributed by atoms with E-state index in [9.17, 15) is 10.2 Å². The molecule has 2 rings (SSSR count). The molecular weight excluding hydrogens is 246 g/mol. The summed E-state index contributed by atoms with van der Waals surface area (Å²) in [6.07, 6.45) is 1.11. The molecule has 3 nitrogen and oxygen atoms in total. The molecule has 1 aromatic rings. The summed E-state index contributed by atoms with van der Waals surface area (Å²) in [7, 11) is 0. The lowest BCUT2D eigenvalue weighted by Gasteiger charge is -2.33. The number of hydrogen-bond acceptors (Lipinski definition) is 4. The summed E-state index contributed by atoms with van der Waals surface area (Å²) >= 11 is 1.84. The first-order valence-electron chi connectivity index (χ1n) is 6.42. The second-order valence-electron chi connectivity index (χ2n) is 4.86. The maximum Gasteiger partial charge on any atom is 0.104 e. The Kier molecular flexibility index (Phi) is 4.33. The van der Waals surface area contributed by atoms with E-state index in [0.717, 1.165) is 24.3 Å². The van der Waals surface area contributed by atoms with Gasteiger partial charge in [0.2, 0.25) is 0 Å². The number of aliphatic hydroxyl groups excluding tert-OH is 1. The Morgan fingerprint density at radius 3 is 2.94 bits per heavy atom. The smallest absolute Gasteiger partial charge is 0.104 e. The van der Waals surface area contributed by atoms with Gasteiger partial charge >= 0.3 is 0 Å². The van der Waals surface area contributed by atoms with Crippen LogP contribution in [-0.2, 0) is 12.0 Å². The van der Waals surface area contributed by atoms with Gasteiger partial charge in [-0.1, -0.05) is 19.1 Å². The van der Waals surface area contributed by atoms with Gasteiger partial charge < -0.3 is 15.5 Å². The van der Waals surface area contributed by atoms with Crippen molar-refractivity contribution in [3.8, 4) is 0 Å². The molecule has 0 aromatic heterocycles. The highest BCUT2D eigenvalue weighted by Gasteiger charge is 2.33. The number of nitrogens with one attached hydrogen (secondary N) is 1. The molecule has 1 aromatic carbocycles. The fourth-order valence-corrected chi connectivity index (χ4v) is 3.48. The fraction of sp³-hybridized carbons (Fsp3) is 0.571. The molecule has 2 atom stereocenters. The summed E-state index contributed by atoms with van der Waals surface area (Å²) in [6, 6.07) is 5.80. The van der Waals surface area contributed by atoms with Crippen molar-refractivity contribution in [3.63, 3.8) is 0 Å². The first kappa shape index (κ1) is 13.9. The highest BCUT2D eigenvalue weighted by atomic mass is 32.2. The van der Waals surface area contributed by atoms with Crippen LogP contribution in [0.4, 0.5) is 0 Å². The zero-order valence-corrected chi connectivity index (χ0v) is 11.8. The summed E-state index contributed by atoms with van der Waals surface area (Å²) in [6.45, 7) is 4.38. The van der Waals surface area contributed by atoms with E-state index in [-0.39, 0.29) is 12.6 Å². The van der Waals surface area contributed by atoms with Crippen LogP contribution < -0.4 is 5.32 Å². The van der Waals surface area contributed by atoms with Crippen LogP contribution in [0.15, 0.2) is 23.1 Å². The van der Waals surface area contributed by atoms with Gasteiger partial charge in [0.25, 0.3) is 0 Å². The van der Waals surface area contributed by atoms with Gasteiger partial charge in [0.1, 0.15) is 5.60 Å². The summed E-state index contributed by atoms with van der Waals surface area (Å²) in [5, 5.41) is 23.2. The van der Waals surface area contributed by atoms with Crippen molar-refractivity contribution in [2.24, 2.45) is 0 Å².